The van der Waals surface area contributed by atoms with Gasteiger partial charge < -0.3 is 14.2 Å². The molecule has 0 aliphatic rings. The normalized spacial score (nSPS) is 11.8. The maximum atomic E-state index is 12.0. The Morgan fingerprint density at radius 1 is 1.09 bits per heavy atom. The first-order chi connectivity index (χ1) is 11.0. The minimum atomic E-state index is -1.06. The Hall–Kier alpha value is -2.15. The fraction of sp³-hybridized carbons (Fsp3) is 0.312. The lowest BCUT2D eigenvalue weighted by molar-refractivity contribution is -0.159. The fourth-order valence-electron chi connectivity index (χ4n) is 1.49. The first-order valence-corrected chi connectivity index (χ1v) is 7.78. The molecule has 0 bridgehead atoms. The molecule has 0 saturated heterocycles. The topological polar surface area (TPSA) is 78.9 Å². The van der Waals surface area contributed by atoms with Crippen LogP contribution < -0.4 is 4.74 Å². The van der Waals surface area contributed by atoms with E-state index in [1.165, 1.54) is 0 Å². The third-order valence-corrected chi connectivity index (χ3v) is 3.09. The SMILES string of the molecule is CCOC(=O)C=CC(=O)OC(CC)C(=O)Oc1ccc(Br)cc1. The van der Waals surface area contributed by atoms with Crippen molar-refractivity contribution in [2.45, 2.75) is 26.4 Å². The molecule has 0 radical (unpaired) electrons. The highest BCUT2D eigenvalue weighted by Gasteiger charge is 2.22. The minimum Gasteiger partial charge on any atom is -0.463 e. The molecule has 124 valence electrons. The summed E-state index contributed by atoms with van der Waals surface area (Å²) in [6.45, 7) is 3.53. The van der Waals surface area contributed by atoms with Gasteiger partial charge in [0.25, 0.3) is 0 Å². The number of esters is 3. The monoisotopic (exact) mass is 384 g/mol. The third kappa shape index (κ3) is 7.10. The molecule has 1 atom stereocenters. The molecule has 0 aliphatic carbocycles. The van der Waals surface area contributed by atoms with Crippen molar-refractivity contribution in [2.75, 3.05) is 6.61 Å². The van der Waals surface area contributed by atoms with E-state index in [4.69, 9.17) is 9.47 Å². The van der Waals surface area contributed by atoms with Gasteiger partial charge in [-0.3, -0.25) is 0 Å². The standard InChI is InChI=1S/C16H17BrO6/c1-3-13(23-15(19)10-9-14(18)21-4-2)16(20)22-12-7-5-11(17)6-8-12/h5-10,13H,3-4H2,1-2H3. The Balaban J connectivity index is 2.58. The smallest absolute Gasteiger partial charge is 0.352 e. The van der Waals surface area contributed by atoms with Crippen LogP contribution >= 0.6 is 15.9 Å². The second kappa shape index (κ2) is 9.78. The van der Waals surface area contributed by atoms with Crippen LogP contribution in [0, 0.1) is 0 Å². The number of hydrogen-bond acceptors (Lipinski definition) is 6. The predicted octanol–water partition coefficient (Wildman–Crippen LogP) is 2.80. The van der Waals surface area contributed by atoms with Gasteiger partial charge in [-0.2, -0.15) is 0 Å². The van der Waals surface area contributed by atoms with Gasteiger partial charge in [-0.1, -0.05) is 22.9 Å². The molecule has 0 saturated carbocycles. The molecule has 0 spiro atoms. The molecular formula is C16H17BrO6. The Labute approximate surface area is 142 Å². The van der Waals surface area contributed by atoms with Gasteiger partial charge in [-0.25, -0.2) is 14.4 Å². The van der Waals surface area contributed by atoms with Crippen molar-refractivity contribution in [3.05, 3.63) is 40.9 Å². The van der Waals surface area contributed by atoms with E-state index >= 15 is 0 Å². The number of benzene rings is 1. The molecule has 0 amide bonds. The van der Waals surface area contributed by atoms with Crippen LogP contribution in [0.4, 0.5) is 0 Å². The summed E-state index contributed by atoms with van der Waals surface area (Å²) in [4.78, 5) is 34.7. The fourth-order valence-corrected chi connectivity index (χ4v) is 1.75. The number of halogens is 1. The lowest BCUT2D eigenvalue weighted by Crippen LogP contribution is -2.30. The molecule has 6 nitrogen and oxygen atoms in total. The van der Waals surface area contributed by atoms with Crippen molar-refractivity contribution in [3.63, 3.8) is 0 Å². The van der Waals surface area contributed by atoms with E-state index in [9.17, 15) is 14.4 Å². The van der Waals surface area contributed by atoms with Gasteiger partial charge in [-0.05, 0) is 37.6 Å². The molecule has 0 aliphatic heterocycles. The van der Waals surface area contributed by atoms with Gasteiger partial charge in [-0.15, -0.1) is 0 Å². The highest BCUT2D eigenvalue weighted by Crippen LogP contribution is 2.17. The summed E-state index contributed by atoms with van der Waals surface area (Å²) in [6, 6.07) is 6.66. The van der Waals surface area contributed by atoms with Crippen molar-refractivity contribution in [2.24, 2.45) is 0 Å². The molecule has 23 heavy (non-hydrogen) atoms. The molecule has 0 N–H and O–H groups in total. The Bertz CT molecular complexity index is 579. The molecule has 1 unspecified atom stereocenters. The van der Waals surface area contributed by atoms with E-state index < -0.39 is 24.0 Å². The van der Waals surface area contributed by atoms with E-state index in [2.05, 4.69) is 20.7 Å². The van der Waals surface area contributed by atoms with E-state index in [1.807, 2.05) is 0 Å². The number of ether oxygens (including phenoxy) is 3. The summed E-state index contributed by atoms with van der Waals surface area (Å²) in [5.74, 6) is -1.82. The molecule has 0 fully saturated rings. The van der Waals surface area contributed by atoms with Crippen LogP contribution in [0.1, 0.15) is 20.3 Å². The van der Waals surface area contributed by atoms with Crippen molar-refractivity contribution < 1.29 is 28.6 Å². The van der Waals surface area contributed by atoms with Crippen LogP contribution in [0.25, 0.3) is 0 Å². The second-order valence-corrected chi connectivity index (χ2v) is 5.21. The summed E-state index contributed by atoms with van der Waals surface area (Å²) >= 11 is 3.27. The summed E-state index contributed by atoms with van der Waals surface area (Å²) in [7, 11) is 0. The lowest BCUT2D eigenvalue weighted by Gasteiger charge is -2.14. The average Bonchev–Trinajstić information content (AvgIpc) is 2.53. The largest absolute Gasteiger partial charge is 0.463 e. The first-order valence-electron chi connectivity index (χ1n) is 6.99. The molecule has 1 rings (SSSR count). The van der Waals surface area contributed by atoms with Crippen LogP contribution in [0.15, 0.2) is 40.9 Å². The van der Waals surface area contributed by atoms with Crippen LogP contribution in [-0.4, -0.2) is 30.6 Å². The highest BCUT2D eigenvalue weighted by atomic mass is 79.9. The van der Waals surface area contributed by atoms with Crippen LogP contribution in [0.3, 0.4) is 0 Å². The molecule has 0 aromatic heterocycles. The van der Waals surface area contributed by atoms with Gasteiger partial charge in [0, 0.05) is 16.6 Å². The van der Waals surface area contributed by atoms with Crippen LogP contribution in [-0.2, 0) is 23.9 Å². The zero-order chi connectivity index (χ0) is 17.2. The third-order valence-electron chi connectivity index (χ3n) is 2.57. The Kier molecular flexibility index (Phi) is 8.04. The van der Waals surface area contributed by atoms with Crippen molar-refractivity contribution >= 4 is 33.8 Å². The Morgan fingerprint density at radius 2 is 1.70 bits per heavy atom. The summed E-state index contributed by atoms with van der Waals surface area (Å²) in [5.41, 5.74) is 0. The van der Waals surface area contributed by atoms with Crippen molar-refractivity contribution in [1.82, 2.24) is 0 Å². The lowest BCUT2D eigenvalue weighted by atomic mass is 10.3. The van der Waals surface area contributed by atoms with Gasteiger partial charge in [0.2, 0.25) is 0 Å². The molecule has 0 heterocycles. The predicted molar refractivity (Wildman–Crippen MR) is 85.7 cm³/mol. The minimum absolute atomic E-state index is 0.204. The van der Waals surface area contributed by atoms with Crippen LogP contribution in [0.5, 0.6) is 5.75 Å². The first kappa shape index (κ1) is 18.9. The average molecular weight is 385 g/mol. The maximum absolute atomic E-state index is 12.0. The van der Waals surface area contributed by atoms with E-state index in [0.717, 1.165) is 16.6 Å². The number of carbonyl (C=O) groups excluding carboxylic acids is 3. The maximum Gasteiger partial charge on any atom is 0.352 e. The number of rotatable bonds is 7. The van der Waals surface area contributed by atoms with E-state index in [0.29, 0.717) is 5.75 Å². The zero-order valence-corrected chi connectivity index (χ0v) is 14.4. The van der Waals surface area contributed by atoms with Gasteiger partial charge >= 0.3 is 17.9 Å². The van der Waals surface area contributed by atoms with E-state index in [-0.39, 0.29) is 13.0 Å². The van der Waals surface area contributed by atoms with Crippen molar-refractivity contribution in [1.29, 1.82) is 0 Å². The van der Waals surface area contributed by atoms with Gasteiger partial charge in [0.1, 0.15) is 5.75 Å². The number of carbonyl (C=O) groups is 3. The highest BCUT2D eigenvalue weighted by molar-refractivity contribution is 9.10. The number of hydrogen-bond donors (Lipinski definition) is 0. The summed E-state index contributed by atoms with van der Waals surface area (Å²) < 4.78 is 15.6. The Morgan fingerprint density at radius 3 is 2.26 bits per heavy atom. The molecule has 1 aromatic rings. The van der Waals surface area contributed by atoms with Gasteiger partial charge in [0.05, 0.1) is 6.61 Å². The van der Waals surface area contributed by atoms with Gasteiger partial charge in [0.15, 0.2) is 6.10 Å². The zero-order valence-electron chi connectivity index (χ0n) is 12.8. The molecular weight excluding hydrogens is 368 g/mol. The second-order valence-electron chi connectivity index (χ2n) is 4.29. The molecule has 7 heteroatoms. The van der Waals surface area contributed by atoms with Crippen molar-refractivity contribution in [3.8, 4) is 5.75 Å². The van der Waals surface area contributed by atoms with Crippen LogP contribution in [0.2, 0.25) is 0 Å². The summed E-state index contributed by atoms with van der Waals surface area (Å²) in [6.07, 6.45) is 1.04. The van der Waals surface area contributed by atoms with E-state index in [1.54, 1.807) is 38.1 Å². The quantitative estimate of drug-likeness (QED) is 0.408. The molecule has 1 aromatic carbocycles. The summed E-state index contributed by atoms with van der Waals surface area (Å²) in [5, 5.41) is 0.